The van der Waals surface area contributed by atoms with Gasteiger partial charge in [-0.25, -0.2) is 9.97 Å². The first-order valence-corrected chi connectivity index (χ1v) is 7.66. The molecule has 0 unspecified atom stereocenters. The van der Waals surface area contributed by atoms with E-state index in [9.17, 15) is 0 Å². The highest BCUT2D eigenvalue weighted by atomic mass is 35.5. The topological polar surface area (TPSA) is 49.8 Å². The van der Waals surface area contributed by atoms with Crippen molar-refractivity contribution in [1.82, 2.24) is 15.3 Å². The van der Waals surface area contributed by atoms with E-state index in [1.54, 1.807) is 0 Å². The van der Waals surface area contributed by atoms with Gasteiger partial charge in [0, 0.05) is 23.7 Å². The molecule has 21 heavy (non-hydrogen) atoms. The average Bonchev–Trinajstić information content (AvgIpc) is 2.49. The Morgan fingerprint density at radius 1 is 1.29 bits per heavy atom. The largest absolute Gasteiger partial charge is 0.369 e. The van der Waals surface area contributed by atoms with Crippen LogP contribution < -0.4 is 10.6 Å². The lowest BCUT2D eigenvalue weighted by Gasteiger charge is -2.20. The predicted octanol–water partition coefficient (Wildman–Crippen LogP) is 2.74. The third-order valence-electron chi connectivity index (χ3n) is 3.69. The van der Waals surface area contributed by atoms with Gasteiger partial charge in [0.1, 0.15) is 11.6 Å². The first-order chi connectivity index (χ1) is 10.2. The lowest BCUT2D eigenvalue weighted by atomic mass is 10.1. The average molecular weight is 303 g/mol. The van der Waals surface area contributed by atoms with E-state index >= 15 is 0 Å². The van der Waals surface area contributed by atoms with Crippen LogP contribution in [0.3, 0.4) is 0 Å². The third kappa shape index (κ3) is 3.34. The van der Waals surface area contributed by atoms with Crippen molar-refractivity contribution in [2.75, 3.05) is 18.4 Å². The van der Waals surface area contributed by atoms with Crippen molar-refractivity contribution in [1.29, 1.82) is 0 Å². The van der Waals surface area contributed by atoms with Crippen LogP contribution in [0.2, 0.25) is 5.02 Å². The predicted molar refractivity (Wildman–Crippen MR) is 85.8 cm³/mol. The van der Waals surface area contributed by atoms with Crippen LogP contribution >= 0.6 is 11.6 Å². The molecule has 0 saturated heterocycles. The van der Waals surface area contributed by atoms with Gasteiger partial charge in [0.15, 0.2) is 0 Å². The van der Waals surface area contributed by atoms with Gasteiger partial charge in [0.2, 0.25) is 0 Å². The number of hydrogen-bond donors (Lipinski definition) is 2. The van der Waals surface area contributed by atoms with Crippen molar-refractivity contribution in [3.63, 3.8) is 0 Å². The number of anilines is 1. The van der Waals surface area contributed by atoms with E-state index in [-0.39, 0.29) is 0 Å². The van der Waals surface area contributed by atoms with Gasteiger partial charge in [-0.05, 0) is 37.9 Å². The molecule has 0 bridgehead atoms. The normalized spacial score (nSPS) is 13.8. The van der Waals surface area contributed by atoms with Crippen molar-refractivity contribution in [2.24, 2.45) is 0 Å². The molecule has 1 aliphatic heterocycles. The Morgan fingerprint density at radius 3 is 3.00 bits per heavy atom. The second kappa shape index (κ2) is 6.41. The van der Waals surface area contributed by atoms with Crippen LogP contribution in [-0.4, -0.2) is 23.1 Å². The van der Waals surface area contributed by atoms with Gasteiger partial charge < -0.3 is 10.6 Å². The van der Waals surface area contributed by atoms with Gasteiger partial charge >= 0.3 is 0 Å². The fraction of sp³-hybridized carbons (Fsp3) is 0.375. The SMILES string of the molecule is Cc1nc2c(c(NCCc3ccccc3Cl)n1)CCNC2. The summed E-state index contributed by atoms with van der Waals surface area (Å²) in [6.07, 6.45) is 1.86. The molecule has 2 heterocycles. The summed E-state index contributed by atoms with van der Waals surface area (Å²) in [6, 6.07) is 7.97. The zero-order valence-electron chi connectivity index (χ0n) is 12.1. The van der Waals surface area contributed by atoms with E-state index in [0.29, 0.717) is 0 Å². The van der Waals surface area contributed by atoms with E-state index in [1.165, 1.54) is 5.56 Å². The highest BCUT2D eigenvalue weighted by Gasteiger charge is 2.16. The first-order valence-electron chi connectivity index (χ1n) is 7.28. The number of hydrogen-bond acceptors (Lipinski definition) is 4. The summed E-state index contributed by atoms with van der Waals surface area (Å²) >= 11 is 6.18. The van der Waals surface area contributed by atoms with Crippen LogP contribution in [-0.2, 0) is 19.4 Å². The van der Waals surface area contributed by atoms with Crippen LogP contribution in [0.1, 0.15) is 22.6 Å². The number of fused-ring (bicyclic) bond motifs is 1. The number of aryl methyl sites for hydroxylation is 1. The van der Waals surface area contributed by atoms with Gasteiger partial charge in [-0.15, -0.1) is 0 Å². The molecule has 2 aromatic rings. The van der Waals surface area contributed by atoms with Gasteiger partial charge in [0.05, 0.1) is 5.69 Å². The highest BCUT2D eigenvalue weighted by molar-refractivity contribution is 6.31. The minimum absolute atomic E-state index is 0.817. The van der Waals surface area contributed by atoms with Crippen molar-refractivity contribution in [2.45, 2.75) is 26.3 Å². The van der Waals surface area contributed by atoms with E-state index in [0.717, 1.165) is 60.4 Å². The lowest BCUT2D eigenvalue weighted by Crippen LogP contribution is -2.27. The van der Waals surface area contributed by atoms with Crippen molar-refractivity contribution < 1.29 is 0 Å². The molecule has 1 aromatic heterocycles. The summed E-state index contributed by atoms with van der Waals surface area (Å²) in [4.78, 5) is 9.08. The number of halogens is 1. The molecule has 1 aromatic carbocycles. The fourth-order valence-corrected chi connectivity index (χ4v) is 2.88. The summed E-state index contributed by atoms with van der Waals surface area (Å²) in [6.45, 7) is 4.57. The smallest absolute Gasteiger partial charge is 0.133 e. The third-order valence-corrected chi connectivity index (χ3v) is 4.06. The van der Waals surface area contributed by atoms with Crippen LogP contribution in [0.15, 0.2) is 24.3 Å². The number of rotatable bonds is 4. The van der Waals surface area contributed by atoms with E-state index < -0.39 is 0 Å². The van der Waals surface area contributed by atoms with Gasteiger partial charge in [-0.2, -0.15) is 0 Å². The molecular weight excluding hydrogens is 284 g/mol. The second-order valence-corrected chi connectivity index (χ2v) is 5.65. The summed E-state index contributed by atoms with van der Waals surface area (Å²) in [5.74, 6) is 1.80. The Morgan fingerprint density at radius 2 is 2.14 bits per heavy atom. The van der Waals surface area contributed by atoms with E-state index in [1.807, 2.05) is 25.1 Å². The summed E-state index contributed by atoms with van der Waals surface area (Å²) < 4.78 is 0. The van der Waals surface area contributed by atoms with Gasteiger partial charge in [0.25, 0.3) is 0 Å². The molecule has 1 aliphatic rings. The first kappa shape index (κ1) is 14.3. The zero-order valence-corrected chi connectivity index (χ0v) is 12.9. The number of nitrogens with one attached hydrogen (secondary N) is 2. The molecule has 0 atom stereocenters. The van der Waals surface area contributed by atoms with Gasteiger partial charge in [-0.3, -0.25) is 0 Å². The number of nitrogens with zero attached hydrogens (tertiary/aromatic N) is 2. The van der Waals surface area contributed by atoms with Crippen LogP contribution in [0.5, 0.6) is 0 Å². The maximum atomic E-state index is 6.18. The van der Waals surface area contributed by atoms with Crippen LogP contribution in [0.25, 0.3) is 0 Å². The van der Waals surface area contributed by atoms with Crippen molar-refractivity contribution in [3.8, 4) is 0 Å². The van der Waals surface area contributed by atoms with Crippen molar-refractivity contribution >= 4 is 17.4 Å². The maximum absolute atomic E-state index is 6.18. The molecule has 4 nitrogen and oxygen atoms in total. The molecule has 3 rings (SSSR count). The number of benzene rings is 1. The summed E-state index contributed by atoms with van der Waals surface area (Å²) in [5.41, 5.74) is 3.53. The summed E-state index contributed by atoms with van der Waals surface area (Å²) in [5, 5.41) is 7.62. The molecular formula is C16H19ClN4. The molecule has 0 aliphatic carbocycles. The Kier molecular flexibility index (Phi) is 4.36. The quantitative estimate of drug-likeness (QED) is 0.912. The molecule has 0 fully saturated rings. The van der Waals surface area contributed by atoms with E-state index in [4.69, 9.17) is 11.6 Å². The lowest BCUT2D eigenvalue weighted by molar-refractivity contribution is 0.621. The molecule has 110 valence electrons. The Hall–Kier alpha value is -1.65. The monoisotopic (exact) mass is 302 g/mol. The Bertz CT molecular complexity index is 642. The maximum Gasteiger partial charge on any atom is 0.133 e. The minimum Gasteiger partial charge on any atom is -0.369 e. The van der Waals surface area contributed by atoms with Crippen molar-refractivity contribution in [3.05, 3.63) is 51.9 Å². The van der Waals surface area contributed by atoms with E-state index in [2.05, 4.69) is 26.7 Å². The molecule has 0 radical (unpaired) electrons. The summed E-state index contributed by atoms with van der Waals surface area (Å²) in [7, 11) is 0. The highest BCUT2D eigenvalue weighted by Crippen LogP contribution is 2.21. The standard InChI is InChI=1S/C16H19ClN4/c1-11-20-15-10-18-8-7-13(15)16(21-11)19-9-6-12-4-2-3-5-14(12)17/h2-5,18H,6-10H2,1H3,(H,19,20,21). The molecule has 0 saturated carbocycles. The Balaban J connectivity index is 1.71. The Labute approximate surface area is 130 Å². The fourth-order valence-electron chi connectivity index (χ4n) is 2.65. The molecule has 5 heteroatoms. The number of aromatic nitrogens is 2. The van der Waals surface area contributed by atoms with Gasteiger partial charge in [-0.1, -0.05) is 29.8 Å². The molecule has 0 amide bonds. The molecule has 2 N–H and O–H groups in total. The molecule has 0 spiro atoms. The van der Waals surface area contributed by atoms with Crippen LogP contribution in [0, 0.1) is 6.92 Å². The minimum atomic E-state index is 0.817. The van der Waals surface area contributed by atoms with Crippen LogP contribution in [0.4, 0.5) is 5.82 Å². The zero-order chi connectivity index (χ0) is 14.7. The second-order valence-electron chi connectivity index (χ2n) is 5.24.